The lowest BCUT2D eigenvalue weighted by molar-refractivity contribution is -0.155. The van der Waals surface area contributed by atoms with Crippen molar-refractivity contribution < 1.29 is 27.2 Å². The van der Waals surface area contributed by atoms with E-state index in [0.717, 1.165) is 18.2 Å². The topological polar surface area (TPSA) is 97.8 Å². The maximum Gasteiger partial charge on any atom is 0.412 e. The minimum absolute atomic E-state index is 0.0293. The molecule has 176 valence electrons. The van der Waals surface area contributed by atoms with Crippen LogP contribution in [0.2, 0.25) is 10.0 Å². The number of nitriles is 1. The number of aromatic nitrogens is 1. The van der Waals surface area contributed by atoms with Gasteiger partial charge in [0.15, 0.2) is 6.04 Å². The third-order valence-electron chi connectivity index (χ3n) is 5.39. The number of rotatable bonds is 5. The van der Waals surface area contributed by atoms with Crippen molar-refractivity contribution in [3.63, 3.8) is 0 Å². The van der Waals surface area contributed by atoms with Crippen LogP contribution in [0.15, 0.2) is 36.4 Å². The number of hydrogen-bond donors (Lipinski definition) is 3. The molecule has 1 aromatic heterocycles. The highest BCUT2D eigenvalue weighted by Gasteiger charge is 2.45. The highest BCUT2D eigenvalue weighted by Crippen LogP contribution is 2.36. The Kier molecular flexibility index (Phi) is 5.96. The Morgan fingerprint density at radius 2 is 1.79 bits per heavy atom. The van der Waals surface area contributed by atoms with Gasteiger partial charge in [0.1, 0.15) is 17.1 Å². The Hall–Kier alpha value is -3.29. The van der Waals surface area contributed by atoms with Crippen molar-refractivity contribution in [1.82, 2.24) is 15.6 Å². The molecular formula is C22H14Cl2F4N4O2. The summed E-state index contributed by atoms with van der Waals surface area (Å²) in [7, 11) is 0. The van der Waals surface area contributed by atoms with Gasteiger partial charge in [-0.3, -0.25) is 9.59 Å². The van der Waals surface area contributed by atoms with Crippen molar-refractivity contribution in [2.24, 2.45) is 0 Å². The maximum atomic E-state index is 13.6. The molecule has 1 heterocycles. The first-order valence-electron chi connectivity index (χ1n) is 9.81. The number of fused-ring (bicyclic) bond motifs is 1. The standard InChI is InChI=1S/C22H14Cl2F4N4O2/c23-13-8-16-11(5-12(13)19(33)32-21(9-29)3-4-21)7-17(30-16)20(34)31-18(22(26,27)28)10-1-2-15(25)14(24)6-10/h1-2,5-8,18,30H,3-4H2,(H,31,34)(H,32,33). The molecule has 0 bridgehead atoms. The average Bonchev–Trinajstić information content (AvgIpc) is 3.41. The van der Waals surface area contributed by atoms with Gasteiger partial charge < -0.3 is 15.6 Å². The number of aromatic amines is 1. The van der Waals surface area contributed by atoms with E-state index in [-0.39, 0.29) is 16.3 Å². The molecule has 0 radical (unpaired) electrons. The summed E-state index contributed by atoms with van der Waals surface area (Å²) in [4.78, 5) is 27.8. The number of benzene rings is 2. The molecule has 2 amide bonds. The average molecular weight is 513 g/mol. The van der Waals surface area contributed by atoms with Gasteiger partial charge in [-0.15, -0.1) is 0 Å². The molecule has 0 saturated heterocycles. The minimum atomic E-state index is -4.89. The molecule has 3 N–H and O–H groups in total. The molecule has 1 fully saturated rings. The number of halogens is 6. The molecule has 6 nitrogen and oxygen atoms in total. The van der Waals surface area contributed by atoms with E-state index in [2.05, 4.69) is 10.3 Å². The van der Waals surface area contributed by atoms with Crippen LogP contribution in [0.5, 0.6) is 0 Å². The molecule has 3 aromatic rings. The molecule has 1 atom stereocenters. The van der Waals surface area contributed by atoms with Crippen LogP contribution >= 0.6 is 23.2 Å². The van der Waals surface area contributed by atoms with Crippen LogP contribution in [-0.2, 0) is 0 Å². The van der Waals surface area contributed by atoms with Gasteiger partial charge in [0.25, 0.3) is 11.8 Å². The van der Waals surface area contributed by atoms with Gasteiger partial charge in [-0.1, -0.05) is 29.3 Å². The Labute approximate surface area is 199 Å². The first kappa shape index (κ1) is 23.9. The van der Waals surface area contributed by atoms with Crippen molar-refractivity contribution in [3.8, 4) is 6.07 Å². The number of hydrogen-bond acceptors (Lipinski definition) is 3. The normalized spacial score (nSPS) is 15.4. The van der Waals surface area contributed by atoms with E-state index < -0.39 is 46.0 Å². The Morgan fingerprint density at radius 1 is 1.09 bits per heavy atom. The smallest absolute Gasteiger partial charge is 0.350 e. The quantitative estimate of drug-likeness (QED) is 0.397. The summed E-state index contributed by atoms with van der Waals surface area (Å²) < 4.78 is 54.3. The molecule has 34 heavy (non-hydrogen) atoms. The highest BCUT2D eigenvalue weighted by molar-refractivity contribution is 6.34. The third-order valence-corrected chi connectivity index (χ3v) is 6.00. The van der Waals surface area contributed by atoms with Crippen molar-refractivity contribution in [2.75, 3.05) is 0 Å². The zero-order valence-corrected chi connectivity index (χ0v) is 18.5. The Balaban J connectivity index is 1.61. The lowest BCUT2D eigenvalue weighted by Crippen LogP contribution is -2.38. The predicted octanol–water partition coefficient (Wildman–Crippen LogP) is 5.43. The monoisotopic (exact) mass is 512 g/mol. The van der Waals surface area contributed by atoms with Crippen LogP contribution in [-0.4, -0.2) is 28.5 Å². The van der Waals surface area contributed by atoms with E-state index in [1.54, 1.807) is 0 Å². The molecule has 1 aliphatic carbocycles. The van der Waals surface area contributed by atoms with Crippen molar-refractivity contribution in [3.05, 3.63) is 69.1 Å². The van der Waals surface area contributed by atoms with E-state index in [0.29, 0.717) is 23.7 Å². The molecule has 2 aromatic carbocycles. The predicted molar refractivity (Wildman–Crippen MR) is 116 cm³/mol. The van der Waals surface area contributed by atoms with E-state index in [9.17, 15) is 27.2 Å². The fourth-order valence-corrected chi connectivity index (χ4v) is 3.82. The van der Waals surface area contributed by atoms with Crippen LogP contribution in [0.4, 0.5) is 17.6 Å². The number of carbonyl (C=O) groups excluding carboxylic acids is 2. The van der Waals surface area contributed by atoms with Crippen LogP contribution in [0.25, 0.3) is 10.9 Å². The molecule has 1 unspecified atom stereocenters. The number of nitrogens with zero attached hydrogens (tertiary/aromatic N) is 1. The van der Waals surface area contributed by atoms with Crippen molar-refractivity contribution in [1.29, 1.82) is 5.26 Å². The number of nitrogens with one attached hydrogen (secondary N) is 3. The van der Waals surface area contributed by atoms with Crippen LogP contribution in [0.3, 0.4) is 0 Å². The van der Waals surface area contributed by atoms with Gasteiger partial charge in [0.2, 0.25) is 0 Å². The second-order valence-electron chi connectivity index (χ2n) is 7.87. The Bertz CT molecular complexity index is 1360. The van der Waals surface area contributed by atoms with Gasteiger partial charge >= 0.3 is 6.18 Å². The zero-order valence-electron chi connectivity index (χ0n) is 17.0. The number of amides is 2. The van der Waals surface area contributed by atoms with E-state index in [1.807, 2.05) is 11.4 Å². The summed E-state index contributed by atoms with van der Waals surface area (Å²) in [5, 5.41) is 13.5. The molecule has 4 rings (SSSR count). The summed E-state index contributed by atoms with van der Waals surface area (Å²) in [5.74, 6) is -2.57. The van der Waals surface area contributed by atoms with Gasteiger partial charge in [-0.25, -0.2) is 4.39 Å². The second-order valence-corrected chi connectivity index (χ2v) is 8.69. The zero-order chi connectivity index (χ0) is 24.8. The van der Waals surface area contributed by atoms with Gasteiger partial charge in [-0.2, -0.15) is 18.4 Å². The SMILES string of the molecule is N#CC1(NC(=O)c2cc3cc(C(=O)NC(c4ccc(F)c(Cl)c4)C(F)(F)F)[nH]c3cc2Cl)CC1. The molecule has 0 aliphatic heterocycles. The summed E-state index contributed by atoms with van der Waals surface area (Å²) >= 11 is 11.8. The summed E-state index contributed by atoms with van der Waals surface area (Å²) in [6, 6.07) is 6.01. The largest absolute Gasteiger partial charge is 0.412 e. The second kappa shape index (κ2) is 8.49. The summed E-state index contributed by atoms with van der Waals surface area (Å²) in [5.41, 5.74) is -1.23. The maximum absolute atomic E-state index is 13.6. The third kappa shape index (κ3) is 4.67. The van der Waals surface area contributed by atoms with Crippen LogP contribution < -0.4 is 10.6 Å². The molecular weight excluding hydrogens is 499 g/mol. The lowest BCUT2D eigenvalue weighted by Gasteiger charge is -2.22. The van der Waals surface area contributed by atoms with E-state index >= 15 is 0 Å². The first-order valence-corrected chi connectivity index (χ1v) is 10.6. The summed E-state index contributed by atoms with van der Waals surface area (Å²) in [6.07, 6.45) is -3.86. The number of H-pyrrole nitrogens is 1. The minimum Gasteiger partial charge on any atom is -0.350 e. The Morgan fingerprint density at radius 3 is 2.38 bits per heavy atom. The fraction of sp³-hybridized carbons (Fsp3) is 0.227. The van der Waals surface area contributed by atoms with Gasteiger partial charge in [-0.05, 0) is 48.7 Å². The van der Waals surface area contributed by atoms with Crippen molar-refractivity contribution >= 4 is 45.9 Å². The fourth-order valence-electron chi connectivity index (χ4n) is 3.38. The highest BCUT2D eigenvalue weighted by atomic mass is 35.5. The molecule has 1 aliphatic rings. The van der Waals surface area contributed by atoms with Crippen LogP contribution in [0.1, 0.15) is 45.3 Å². The number of alkyl halides is 3. The first-order chi connectivity index (χ1) is 15.9. The van der Waals surface area contributed by atoms with E-state index in [4.69, 9.17) is 28.5 Å². The molecule has 1 saturated carbocycles. The number of carbonyl (C=O) groups is 2. The summed E-state index contributed by atoms with van der Waals surface area (Å²) in [6.45, 7) is 0. The van der Waals surface area contributed by atoms with Gasteiger partial charge in [0, 0.05) is 10.9 Å². The molecule has 12 heteroatoms. The van der Waals surface area contributed by atoms with Crippen molar-refractivity contribution in [2.45, 2.75) is 30.6 Å². The van der Waals surface area contributed by atoms with Gasteiger partial charge in [0.05, 0.1) is 21.7 Å². The lowest BCUT2D eigenvalue weighted by atomic mass is 10.1. The molecule has 0 spiro atoms. The van der Waals surface area contributed by atoms with E-state index in [1.165, 1.54) is 18.2 Å². The van der Waals surface area contributed by atoms with Crippen LogP contribution in [0, 0.1) is 17.1 Å².